The molecule has 1 saturated carbocycles. The molecule has 4 rings (SSSR count). The van der Waals surface area contributed by atoms with Crippen molar-refractivity contribution >= 4 is 34.3 Å². The number of fused-ring (bicyclic) bond motifs is 1. The zero-order chi connectivity index (χ0) is 20.4. The fourth-order valence-electron chi connectivity index (χ4n) is 3.35. The third kappa shape index (κ3) is 4.39. The average Bonchev–Trinajstić information content (AvgIpc) is 3.02. The summed E-state index contributed by atoms with van der Waals surface area (Å²) < 4.78 is 0. The summed E-state index contributed by atoms with van der Waals surface area (Å²) >= 11 is 0. The van der Waals surface area contributed by atoms with Crippen molar-refractivity contribution in [2.75, 3.05) is 10.6 Å². The second-order valence-corrected chi connectivity index (χ2v) is 7.77. The summed E-state index contributed by atoms with van der Waals surface area (Å²) in [5.74, 6) is 1.33. The largest absolute Gasteiger partial charge is 0.342 e. The Bertz CT molecular complexity index is 1050. The minimum atomic E-state index is -0.301. The van der Waals surface area contributed by atoms with Crippen LogP contribution < -0.4 is 16.0 Å². The van der Waals surface area contributed by atoms with Crippen molar-refractivity contribution in [1.82, 2.24) is 15.3 Å². The number of urea groups is 1. The van der Waals surface area contributed by atoms with Crippen LogP contribution in [0.15, 0.2) is 42.5 Å². The molecule has 3 aromatic rings. The summed E-state index contributed by atoms with van der Waals surface area (Å²) in [5, 5.41) is 8.41. The highest BCUT2D eigenvalue weighted by Gasteiger charge is 2.22. The molecular weight excluding hydrogens is 366 g/mol. The molecule has 0 radical (unpaired) electrons. The van der Waals surface area contributed by atoms with Gasteiger partial charge in [0.15, 0.2) is 0 Å². The Kier molecular flexibility index (Phi) is 5.20. The molecule has 0 aliphatic heterocycles. The number of H-pyrrole nitrogens is 1. The number of hydrogen-bond donors (Lipinski definition) is 4. The van der Waals surface area contributed by atoms with Crippen molar-refractivity contribution in [1.29, 1.82) is 0 Å². The van der Waals surface area contributed by atoms with E-state index in [-0.39, 0.29) is 18.0 Å². The highest BCUT2D eigenvalue weighted by atomic mass is 16.2. The fraction of sp³-hybridized carbons (Fsp3) is 0.318. The lowest BCUT2D eigenvalue weighted by molar-refractivity contribution is 0.102. The number of imidazole rings is 1. The van der Waals surface area contributed by atoms with Crippen LogP contribution in [0.3, 0.4) is 0 Å². The van der Waals surface area contributed by atoms with Crippen LogP contribution in [-0.2, 0) is 0 Å². The van der Waals surface area contributed by atoms with E-state index in [2.05, 4.69) is 25.9 Å². The topological polar surface area (TPSA) is 98.9 Å². The molecule has 0 saturated heterocycles. The Hall–Kier alpha value is -3.35. The first-order valence-corrected chi connectivity index (χ1v) is 9.96. The van der Waals surface area contributed by atoms with Gasteiger partial charge in [-0.05, 0) is 63.1 Å². The molecule has 150 valence electrons. The molecule has 1 aliphatic carbocycles. The summed E-state index contributed by atoms with van der Waals surface area (Å²) in [6, 6.07) is 12.2. The molecule has 7 heteroatoms. The Morgan fingerprint density at radius 2 is 1.86 bits per heavy atom. The second-order valence-electron chi connectivity index (χ2n) is 7.77. The summed E-state index contributed by atoms with van der Waals surface area (Å²) in [4.78, 5) is 32.6. The molecule has 3 amide bonds. The van der Waals surface area contributed by atoms with Gasteiger partial charge in [0.05, 0.1) is 11.0 Å². The number of aromatic amines is 1. The molecule has 0 unspecified atom stereocenters. The Morgan fingerprint density at radius 3 is 2.59 bits per heavy atom. The van der Waals surface area contributed by atoms with Crippen LogP contribution in [0.25, 0.3) is 11.0 Å². The predicted molar refractivity (Wildman–Crippen MR) is 114 cm³/mol. The van der Waals surface area contributed by atoms with E-state index >= 15 is 0 Å². The number of anilines is 2. The van der Waals surface area contributed by atoms with Crippen LogP contribution in [0.5, 0.6) is 0 Å². The van der Waals surface area contributed by atoms with E-state index in [9.17, 15) is 9.59 Å². The number of nitrogens with zero attached hydrogens (tertiary/aromatic N) is 1. The van der Waals surface area contributed by atoms with Gasteiger partial charge in [-0.25, -0.2) is 9.78 Å². The van der Waals surface area contributed by atoms with Crippen molar-refractivity contribution in [3.05, 3.63) is 53.9 Å². The van der Waals surface area contributed by atoms with Crippen LogP contribution in [0.1, 0.15) is 55.2 Å². The molecule has 0 bridgehead atoms. The van der Waals surface area contributed by atoms with Gasteiger partial charge in [0.1, 0.15) is 5.82 Å². The Balaban J connectivity index is 1.46. The highest BCUT2D eigenvalue weighted by Crippen LogP contribution is 2.35. The van der Waals surface area contributed by atoms with Gasteiger partial charge in [-0.2, -0.15) is 0 Å². The zero-order valence-corrected chi connectivity index (χ0v) is 16.6. The first-order valence-electron chi connectivity index (χ1n) is 9.96. The van der Waals surface area contributed by atoms with E-state index in [1.165, 1.54) is 19.3 Å². The molecule has 1 fully saturated rings. The third-order valence-corrected chi connectivity index (χ3v) is 5.05. The number of amides is 3. The summed E-state index contributed by atoms with van der Waals surface area (Å²) in [7, 11) is 0. The minimum Gasteiger partial charge on any atom is -0.342 e. The molecule has 0 atom stereocenters. The van der Waals surface area contributed by atoms with E-state index in [1.807, 2.05) is 32.0 Å². The van der Waals surface area contributed by atoms with E-state index in [4.69, 9.17) is 0 Å². The second kappa shape index (κ2) is 7.95. The van der Waals surface area contributed by atoms with Gasteiger partial charge in [0.2, 0.25) is 0 Å². The zero-order valence-electron chi connectivity index (χ0n) is 16.6. The normalized spacial score (nSPS) is 13.9. The van der Waals surface area contributed by atoms with Crippen molar-refractivity contribution < 1.29 is 9.59 Å². The molecule has 2 aromatic carbocycles. The van der Waals surface area contributed by atoms with E-state index in [1.54, 1.807) is 24.3 Å². The lowest BCUT2D eigenvalue weighted by Crippen LogP contribution is -2.34. The standard InChI is InChI=1S/C22H25N5O2/c1-13(2)23-22(29)25-16-8-4-7-15(11-16)21(28)24-17-9-10-18-19(12-17)27-20(26-18)14-5-3-6-14/h4,7-14H,3,5-6H2,1-2H3,(H,24,28)(H,26,27)(H2,23,25,29). The van der Waals surface area contributed by atoms with Crippen molar-refractivity contribution in [2.24, 2.45) is 0 Å². The van der Waals surface area contributed by atoms with Crippen LogP contribution in [0, 0.1) is 0 Å². The highest BCUT2D eigenvalue weighted by molar-refractivity contribution is 6.06. The maximum absolute atomic E-state index is 12.7. The molecule has 29 heavy (non-hydrogen) atoms. The van der Waals surface area contributed by atoms with Crippen LogP contribution in [0.2, 0.25) is 0 Å². The lowest BCUT2D eigenvalue weighted by Gasteiger charge is -2.22. The number of aromatic nitrogens is 2. The molecule has 1 heterocycles. The molecule has 1 aromatic heterocycles. The van der Waals surface area contributed by atoms with Crippen LogP contribution in [-0.4, -0.2) is 27.9 Å². The average molecular weight is 391 g/mol. The van der Waals surface area contributed by atoms with Gasteiger partial charge in [0.25, 0.3) is 5.91 Å². The van der Waals surface area contributed by atoms with E-state index in [0.29, 0.717) is 22.9 Å². The number of nitrogens with one attached hydrogen (secondary N) is 4. The van der Waals surface area contributed by atoms with E-state index < -0.39 is 0 Å². The number of carbonyl (C=O) groups is 2. The quantitative estimate of drug-likeness (QED) is 0.511. The summed E-state index contributed by atoms with van der Waals surface area (Å²) in [5.41, 5.74) is 3.55. The first-order chi connectivity index (χ1) is 14.0. The number of benzene rings is 2. The molecule has 1 aliphatic rings. The molecule has 0 spiro atoms. The third-order valence-electron chi connectivity index (χ3n) is 5.05. The number of rotatable bonds is 5. The van der Waals surface area contributed by atoms with Crippen LogP contribution in [0.4, 0.5) is 16.2 Å². The lowest BCUT2D eigenvalue weighted by atomic mass is 9.85. The minimum absolute atomic E-state index is 0.0312. The SMILES string of the molecule is CC(C)NC(=O)Nc1cccc(C(=O)Nc2ccc3nc(C4CCC4)[nH]c3c2)c1. The van der Waals surface area contributed by atoms with E-state index in [0.717, 1.165) is 16.9 Å². The van der Waals surface area contributed by atoms with Gasteiger partial charge >= 0.3 is 6.03 Å². The van der Waals surface area contributed by atoms with Gasteiger partial charge in [-0.3, -0.25) is 4.79 Å². The van der Waals surface area contributed by atoms with Gasteiger partial charge in [-0.1, -0.05) is 12.5 Å². The maximum Gasteiger partial charge on any atom is 0.319 e. The first kappa shape index (κ1) is 19.0. The van der Waals surface area contributed by atoms with Crippen molar-refractivity contribution in [3.63, 3.8) is 0 Å². The van der Waals surface area contributed by atoms with Gasteiger partial charge < -0.3 is 20.9 Å². The smallest absolute Gasteiger partial charge is 0.319 e. The maximum atomic E-state index is 12.7. The Morgan fingerprint density at radius 1 is 1.07 bits per heavy atom. The predicted octanol–water partition coefficient (Wildman–Crippen LogP) is 4.61. The fourth-order valence-corrected chi connectivity index (χ4v) is 3.35. The molecule has 4 N–H and O–H groups in total. The van der Waals surface area contributed by atoms with Crippen molar-refractivity contribution in [3.8, 4) is 0 Å². The molecular formula is C22H25N5O2. The van der Waals surface area contributed by atoms with Gasteiger partial charge in [-0.15, -0.1) is 0 Å². The number of hydrogen-bond acceptors (Lipinski definition) is 3. The summed E-state index contributed by atoms with van der Waals surface area (Å²) in [6.45, 7) is 3.77. The van der Waals surface area contributed by atoms with Gasteiger partial charge in [0, 0.05) is 28.9 Å². The number of carbonyl (C=O) groups excluding carboxylic acids is 2. The molecule has 7 nitrogen and oxygen atoms in total. The van der Waals surface area contributed by atoms with Crippen molar-refractivity contribution in [2.45, 2.75) is 45.1 Å². The Labute approximate surface area is 169 Å². The van der Waals surface area contributed by atoms with Crippen LogP contribution >= 0.6 is 0 Å². The summed E-state index contributed by atoms with van der Waals surface area (Å²) in [6.07, 6.45) is 3.63. The monoisotopic (exact) mass is 391 g/mol.